The highest BCUT2D eigenvalue weighted by atomic mass is 32.2. The van der Waals surface area contributed by atoms with Crippen LogP contribution in [0.3, 0.4) is 0 Å². The average Bonchev–Trinajstić information content (AvgIpc) is 2.96. The Morgan fingerprint density at radius 3 is 2.82 bits per heavy atom. The monoisotopic (exact) mass is 335 g/mol. The molecule has 1 aromatic carbocycles. The number of aromatic nitrogens is 2. The maximum atomic E-state index is 11.6. The van der Waals surface area contributed by atoms with E-state index in [0.717, 1.165) is 22.2 Å². The largest absolute Gasteiger partial charge is 0.462 e. The van der Waals surface area contributed by atoms with Crippen LogP contribution in [0.2, 0.25) is 0 Å². The van der Waals surface area contributed by atoms with Gasteiger partial charge in [-0.2, -0.15) is 4.37 Å². The first-order valence-corrected chi connectivity index (χ1v) is 8.65. The quantitative estimate of drug-likeness (QED) is 0.808. The molecule has 0 spiro atoms. The molecular formula is C15H17N3O2S2. The lowest BCUT2D eigenvalue weighted by Crippen LogP contribution is -2.21. The third kappa shape index (κ3) is 3.10. The van der Waals surface area contributed by atoms with Gasteiger partial charge < -0.3 is 4.74 Å². The summed E-state index contributed by atoms with van der Waals surface area (Å²) in [6.45, 7) is 7.48. The summed E-state index contributed by atoms with van der Waals surface area (Å²) in [5.41, 5.74) is 1.35. The average molecular weight is 335 g/mol. The molecule has 1 aliphatic heterocycles. The molecule has 0 atom stereocenters. The van der Waals surface area contributed by atoms with Crippen molar-refractivity contribution in [2.24, 2.45) is 4.99 Å². The summed E-state index contributed by atoms with van der Waals surface area (Å²) in [4.78, 5) is 17.2. The molecule has 0 saturated heterocycles. The zero-order valence-corrected chi connectivity index (χ0v) is 14.3. The highest BCUT2D eigenvalue weighted by Crippen LogP contribution is 2.38. The zero-order valence-electron chi connectivity index (χ0n) is 12.7. The Hall–Kier alpha value is -1.60. The van der Waals surface area contributed by atoms with Crippen LogP contribution in [0.4, 0.5) is 5.69 Å². The lowest BCUT2D eigenvalue weighted by molar-refractivity contribution is 0.0526. The number of hydrogen-bond donors (Lipinski definition) is 0. The lowest BCUT2D eigenvalue weighted by atomic mass is 10.2. The molecule has 2 heterocycles. The van der Waals surface area contributed by atoms with E-state index in [1.165, 1.54) is 11.5 Å². The Kier molecular flexibility index (Phi) is 4.10. The minimum absolute atomic E-state index is 0.161. The molecule has 0 aliphatic carbocycles. The molecule has 0 unspecified atom stereocenters. The molecule has 1 aromatic heterocycles. The Bertz CT molecular complexity index is 760. The molecule has 7 heteroatoms. The van der Waals surface area contributed by atoms with Crippen molar-refractivity contribution in [2.75, 3.05) is 6.61 Å². The second kappa shape index (κ2) is 5.89. The van der Waals surface area contributed by atoms with Crippen LogP contribution >= 0.6 is 23.3 Å². The lowest BCUT2D eigenvalue weighted by Gasteiger charge is -2.12. The summed E-state index contributed by atoms with van der Waals surface area (Å²) in [5, 5.41) is 1.02. The van der Waals surface area contributed by atoms with Crippen LogP contribution in [0.25, 0.3) is 0 Å². The van der Waals surface area contributed by atoms with E-state index in [1.54, 1.807) is 30.8 Å². The first-order chi connectivity index (χ1) is 10.5. The van der Waals surface area contributed by atoms with Gasteiger partial charge in [0, 0.05) is 22.8 Å². The second-order valence-corrected chi connectivity index (χ2v) is 7.98. The fourth-order valence-corrected chi connectivity index (χ4v) is 4.13. The molecule has 0 bridgehead atoms. The minimum atomic E-state index is -0.305. The van der Waals surface area contributed by atoms with E-state index < -0.39 is 0 Å². The number of carbonyl (C=O) groups excluding carboxylic acids is 1. The van der Waals surface area contributed by atoms with Crippen molar-refractivity contribution in [1.82, 2.24) is 8.94 Å². The SMILES string of the molecule is CCOC(=O)c1ccc(N=c2snc3n2CC(C)(C)S3)cc1. The predicted octanol–water partition coefficient (Wildman–Crippen LogP) is 3.24. The molecule has 22 heavy (non-hydrogen) atoms. The summed E-state index contributed by atoms with van der Waals surface area (Å²) in [7, 11) is 0. The van der Waals surface area contributed by atoms with Gasteiger partial charge in [0.1, 0.15) is 0 Å². The normalized spacial score (nSPS) is 16.6. The second-order valence-electron chi connectivity index (χ2n) is 5.57. The van der Waals surface area contributed by atoms with E-state index in [4.69, 9.17) is 4.74 Å². The van der Waals surface area contributed by atoms with Gasteiger partial charge in [0.25, 0.3) is 0 Å². The van der Waals surface area contributed by atoms with Crippen LogP contribution in [0.5, 0.6) is 0 Å². The number of fused-ring (bicyclic) bond motifs is 1. The number of carbonyl (C=O) groups is 1. The van der Waals surface area contributed by atoms with Gasteiger partial charge in [0.2, 0.25) is 4.80 Å². The predicted molar refractivity (Wildman–Crippen MR) is 87.7 cm³/mol. The minimum Gasteiger partial charge on any atom is -0.462 e. The third-order valence-corrected chi connectivity index (χ3v) is 5.21. The van der Waals surface area contributed by atoms with Gasteiger partial charge in [-0.15, -0.1) is 0 Å². The van der Waals surface area contributed by atoms with Crippen molar-refractivity contribution in [1.29, 1.82) is 0 Å². The Balaban J connectivity index is 1.87. The number of nitrogens with zero attached hydrogens (tertiary/aromatic N) is 3. The molecule has 5 nitrogen and oxygen atoms in total. The summed E-state index contributed by atoms with van der Waals surface area (Å²) < 4.78 is 11.7. The van der Waals surface area contributed by atoms with Gasteiger partial charge in [-0.1, -0.05) is 11.8 Å². The summed E-state index contributed by atoms with van der Waals surface area (Å²) >= 11 is 3.18. The van der Waals surface area contributed by atoms with Crippen LogP contribution < -0.4 is 4.80 Å². The summed E-state index contributed by atoms with van der Waals surface area (Å²) in [6.07, 6.45) is 0. The number of thioether (sulfide) groups is 1. The highest BCUT2D eigenvalue weighted by molar-refractivity contribution is 8.00. The Morgan fingerprint density at radius 1 is 1.41 bits per heavy atom. The fraction of sp³-hybridized carbons (Fsp3) is 0.400. The van der Waals surface area contributed by atoms with Crippen molar-refractivity contribution in [2.45, 2.75) is 37.2 Å². The first kappa shape index (κ1) is 15.3. The first-order valence-electron chi connectivity index (χ1n) is 7.06. The van der Waals surface area contributed by atoms with E-state index in [1.807, 2.05) is 12.1 Å². The van der Waals surface area contributed by atoms with E-state index in [9.17, 15) is 4.79 Å². The number of benzene rings is 1. The highest BCUT2D eigenvalue weighted by Gasteiger charge is 2.31. The smallest absolute Gasteiger partial charge is 0.338 e. The molecule has 0 saturated carbocycles. The van der Waals surface area contributed by atoms with E-state index >= 15 is 0 Å². The summed E-state index contributed by atoms with van der Waals surface area (Å²) in [6, 6.07) is 7.13. The van der Waals surface area contributed by atoms with Crippen molar-refractivity contribution in [3.63, 3.8) is 0 Å². The number of rotatable bonds is 3. The van der Waals surface area contributed by atoms with Crippen LogP contribution in [0, 0.1) is 0 Å². The molecule has 0 amide bonds. The summed E-state index contributed by atoms with van der Waals surface area (Å²) in [5.74, 6) is -0.305. The van der Waals surface area contributed by atoms with Crippen LogP contribution in [-0.2, 0) is 11.3 Å². The van der Waals surface area contributed by atoms with Gasteiger partial charge in [0.05, 0.1) is 17.9 Å². The van der Waals surface area contributed by atoms with E-state index in [0.29, 0.717) is 12.2 Å². The maximum absolute atomic E-state index is 11.6. The number of ether oxygens (including phenoxy) is 1. The van der Waals surface area contributed by atoms with Crippen LogP contribution in [-0.4, -0.2) is 26.3 Å². The Labute approximate surface area is 137 Å². The molecule has 3 rings (SSSR count). The molecule has 0 fully saturated rings. The molecule has 0 radical (unpaired) electrons. The van der Waals surface area contributed by atoms with Gasteiger partial charge in [-0.05, 0) is 45.0 Å². The van der Waals surface area contributed by atoms with Crippen LogP contribution in [0.1, 0.15) is 31.1 Å². The van der Waals surface area contributed by atoms with Crippen molar-refractivity contribution >= 4 is 35.0 Å². The molecular weight excluding hydrogens is 318 g/mol. The maximum Gasteiger partial charge on any atom is 0.338 e. The van der Waals surface area contributed by atoms with E-state index in [2.05, 4.69) is 27.8 Å². The standard InChI is InChI=1S/C15H17N3O2S2/c1-4-20-12(19)10-5-7-11(8-6-10)16-13-18-9-15(2,3)21-14(18)17-22-13/h5-8H,4,9H2,1-3H3. The molecule has 2 aromatic rings. The van der Waals surface area contributed by atoms with Crippen molar-refractivity contribution < 1.29 is 9.53 Å². The van der Waals surface area contributed by atoms with E-state index in [-0.39, 0.29) is 10.7 Å². The topological polar surface area (TPSA) is 56.5 Å². The van der Waals surface area contributed by atoms with Gasteiger partial charge in [-0.3, -0.25) is 4.57 Å². The third-order valence-electron chi connectivity index (χ3n) is 3.18. The van der Waals surface area contributed by atoms with Crippen molar-refractivity contribution in [3.05, 3.63) is 34.6 Å². The molecule has 116 valence electrons. The zero-order chi connectivity index (χ0) is 15.7. The fourth-order valence-electron chi connectivity index (χ4n) is 2.21. The van der Waals surface area contributed by atoms with Gasteiger partial charge in [-0.25, -0.2) is 9.79 Å². The number of hydrogen-bond acceptors (Lipinski definition) is 6. The van der Waals surface area contributed by atoms with Gasteiger partial charge >= 0.3 is 5.97 Å². The molecule has 0 N–H and O–H groups in total. The number of esters is 1. The van der Waals surface area contributed by atoms with Crippen LogP contribution in [0.15, 0.2) is 34.4 Å². The molecule has 1 aliphatic rings. The van der Waals surface area contributed by atoms with Crippen molar-refractivity contribution in [3.8, 4) is 0 Å². The Morgan fingerprint density at radius 2 is 2.14 bits per heavy atom. The van der Waals surface area contributed by atoms with Gasteiger partial charge in [0.15, 0.2) is 5.16 Å².